The van der Waals surface area contributed by atoms with Crippen molar-refractivity contribution >= 4 is 43.0 Å². The minimum atomic E-state index is -3.65. The summed E-state index contributed by atoms with van der Waals surface area (Å²) in [5.74, 6) is -0.325. The summed E-state index contributed by atoms with van der Waals surface area (Å²) in [6.45, 7) is 0.221. The second-order valence-electron chi connectivity index (χ2n) is 4.68. The average Bonchev–Trinajstić information content (AvgIpc) is 3.11. The van der Waals surface area contributed by atoms with Crippen molar-refractivity contribution < 1.29 is 12.8 Å². The van der Waals surface area contributed by atoms with Crippen LogP contribution < -0.4 is 4.72 Å². The van der Waals surface area contributed by atoms with Gasteiger partial charge >= 0.3 is 0 Å². The van der Waals surface area contributed by atoms with Crippen LogP contribution in [0, 0.1) is 5.82 Å². The summed E-state index contributed by atoms with van der Waals surface area (Å²) in [4.78, 5) is 0. The first-order valence-electron chi connectivity index (χ1n) is 6.48. The Balaban J connectivity index is 1.76. The molecule has 3 rings (SSSR count). The van der Waals surface area contributed by atoms with E-state index in [9.17, 15) is 12.8 Å². The monoisotopic (exact) mass is 415 g/mol. The van der Waals surface area contributed by atoms with Gasteiger partial charge in [0.1, 0.15) is 10.0 Å². The molecule has 0 amide bonds. The van der Waals surface area contributed by atoms with Crippen molar-refractivity contribution in [3.63, 3.8) is 0 Å². The molecule has 0 spiro atoms. The number of thiophene rings is 1. The van der Waals surface area contributed by atoms with E-state index < -0.39 is 10.0 Å². The lowest BCUT2D eigenvalue weighted by molar-refractivity contribution is 0.585. The van der Waals surface area contributed by atoms with E-state index in [0.717, 1.165) is 15.1 Å². The van der Waals surface area contributed by atoms with E-state index in [0.29, 0.717) is 11.3 Å². The molecule has 120 valence electrons. The van der Waals surface area contributed by atoms with E-state index >= 15 is 0 Å². The standard InChI is InChI=1S/C14H11BrFN3O2S2/c15-13-5-6-14(22-13)23(20,21)18-11-7-17-19(9-11)8-10-3-1-2-4-12(10)16/h1-7,9,18H,8H2. The largest absolute Gasteiger partial charge is 0.276 e. The molecule has 2 aromatic heterocycles. The summed E-state index contributed by atoms with van der Waals surface area (Å²) in [6, 6.07) is 9.56. The lowest BCUT2D eigenvalue weighted by Crippen LogP contribution is -2.10. The van der Waals surface area contributed by atoms with Crippen molar-refractivity contribution in [2.24, 2.45) is 0 Å². The quantitative estimate of drug-likeness (QED) is 0.690. The Kier molecular flexibility index (Phi) is 4.51. The van der Waals surface area contributed by atoms with E-state index in [-0.39, 0.29) is 16.6 Å². The fourth-order valence-corrected chi connectivity index (χ4v) is 4.99. The van der Waals surface area contributed by atoms with Crippen LogP contribution in [0.4, 0.5) is 10.1 Å². The smallest absolute Gasteiger partial charge is 0.271 e. The number of anilines is 1. The molecule has 0 fully saturated rings. The molecule has 1 N–H and O–H groups in total. The third-order valence-electron chi connectivity index (χ3n) is 2.99. The van der Waals surface area contributed by atoms with Crippen LogP contribution in [0.2, 0.25) is 0 Å². The Hall–Kier alpha value is -1.71. The predicted octanol–water partition coefficient (Wildman–Crippen LogP) is 3.70. The number of sulfonamides is 1. The number of hydrogen-bond acceptors (Lipinski definition) is 4. The van der Waals surface area contributed by atoms with Gasteiger partial charge in [0.2, 0.25) is 0 Å². The summed E-state index contributed by atoms with van der Waals surface area (Å²) >= 11 is 4.35. The zero-order valence-electron chi connectivity index (χ0n) is 11.6. The predicted molar refractivity (Wildman–Crippen MR) is 90.6 cm³/mol. The summed E-state index contributed by atoms with van der Waals surface area (Å²) in [5.41, 5.74) is 0.804. The Morgan fingerprint density at radius 1 is 1.26 bits per heavy atom. The number of halogens is 2. The van der Waals surface area contributed by atoms with Crippen LogP contribution in [0.25, 0.3) is 0 Å². The van der Waals surface area contributed by atoms with Crippen molar-refractivity contribution in [2.45, 2.75) is 10.8 Å². The molecule has 0 saturated carbocycles. The molecule has 3 aromatic rings. The van der Waals surface area contributed by atoms with Crippen LogP contribution in [-0.4, -0.2) is 18.2 Å². The minimum Gasteiger partial charge on any atom is -0.276 e. The highest BCUT2D eigenvalue weighted by molar-refractivity contribution is 9.11. The van der Waals surface area contributed by atoms with E-state index in [1.54, 1.807) is 24.3 Å². The molecule has 0 bridgehead atoms. The van der Waals surface area contributed by atoms with Gasteiger partial charge in [0, 0.05) is 11.8 Å². The molecular formula is C14H11BrFN3O2S2. The SMILES string of the molecule is O=S(=O)(Nc1cnn(Cc2ccccc2F)c1)c1ccc(Br)s1. The van der Waals surface area contributed by atoms with Gasteiger partial charge in [-0.25, -0.2) is 12.8 Å². The van der Waals surface area contributed by atoms with Crippen LogP contribution in [0.5, 0.6) is 0 Å². The number of aromatic nitrogens is 2. The molecule has 5 nitrogen and oxygen atoms in total. The van der Waals surface area contributed by atoms with Crippen LogP contribution >= 0.6 is 27.3 Å². The van der Waals surface area contributed by atoms with E-state index in [1.807, 2.05) is 0 Å². The van der Waals surface area contributed by atoms with E-state index in [2.05, 4.69) is 25.8 Å². The zero-order chi connectivity index (χ0) is 16.4. The highest BCUT2D eigenvalue weighted by atomic mass is 79.9. The van der Waals surface area contributed by atoms with Crippen molar-refractivity contribution in [1.29, 1.82) is 0 Å². The van der Waals surface area contributed by atoms with Crippen LogP contribution in [0.15, 0.2) is 56.8 Å². The summed E-state index contributed by atoms with van der Waals surface area (Å²) in [6.07, 6.45) is 2.91. The normalized spacial score (nSPS) is 11.6. The number of rotatable bonds is 5. The molecule has 0 aliphatic rings. The lowest BCUT2D eigenvalue weighted by atomic mass is 10.2. The highest BCUT2D eigenvalue weighted by Crippen LogP contribution is 2.27. The molecule has 0 atom stereocenters. The molecule has 0 unspecified atom stereocenters. The van der Waals surface area contributed by atoms with Crippen molar-refractivity contribution in [1.82, 2.24) is 9.78 Å². The van der Waals surface area contributed by atoms with Gasteiger partial charge < -0.3 is 0 Å². The second-order valence-corrected chi connectivity index (χ2v) is 9.05. The summed E-state index contributed by atoms with van der Waals surface area (Å²) < 4.78 is 42.9. The Labute approximate surface area is 145 Å². The number of nitrogens with zero attached hydrogens (tertiary/aromatic N) is 2. The van der Waals surface area contributed by atoms with E-state index in [4.69, 9.17) is 0 Å². The minimum absolute atomic E-state index is 0.200. The maximum absolute atomic E-state index is 13.6. The van der Waals surface area contributed by atoms with E-state index in [1.165, 1.54) is 29.2 Å². The fraction of sp³-hybridized carbons (Fsp3) is 0.0714. The molecule has 2 heterocycles. The first kappa shape index (κ1) is 16.2. The first-order chi connectivity index (χ1) is 10.9. The topological polar surface area (TPSA) is 64.0 Å². The van der Waals surface area contributed by atoms with Gasteiger partial charge in [0.15, 0.2) is 0 Å². The van der Waals surface area contributed by atoms with Gasteiger partial charge in [-0.2, -0.15) is 5.10 Å². The maximum atomic E-state index is 13.6. The molecule has 9 heteroatoms. The van der Waals surface area contributed by atoms with Crippen LogP contribution in [0.1, 0.15) is 5.56 Å². The number of benzene rings is 1. The summed E-state index contributed by atoms with van der Waals surface area (Å²) in [5, 5.41) is 4.05. The molecule has 0 aliphatic heterocycles. The maximum Gasteiger partial charge on any atom is 0.271 e. The Morgan fingerprint density at radius 2 is 2.04 bits per heavy atom. The van der Waals surface area contributed by atoms with Crippen molar-refractivity contribution in [3.05, 3.63) is 64.0 Å². The summed E-state index contributed by atoms with van der Waals surface area (Å²) in [7, 11) is -3.65. The van der Waals surface area contributed by atoms with Crippen molar-refractivity contribution in [3.8, 4) is 0 Å². The van der Waals surface area contributed by atoms with Crippen LogP contribution in [-0.2, 0) is 16.6 Å². The molecule has 1 aromatic carbocycles. The zero-order valence-corrected chi connectivity index (χ0v) is 14.8. The molecule has 23 heavy (non-hydrogen) atoms. The molecule has 0 radical (unpaired) electrons. The molecular weight excluding hydrogens is 405 g/mol. The van der Waals surface area contributed by atoms with Gasteiger partial charge in [0.05, 0.1) is 22.2 Å². The Morgan fingerprint density at radius 3 is 2.74 bits per heavy atom. The third-order valence-corrected chi connectivity index (χ3v) is 6.49. The molecule has 0 saturated heterocycles. The third kappa shape index (κ3) is 3.80. The highest BCUT2D eigenvalue weighted by Gasteiger charge is 2.17. The average molecular weight is 416 g/mol. The van der Waals surface area contributed by atoms with Crippen LogP contribution in [0.3, 0.4) is 0 Å². The van der Waals surface area contributed by atoms with Gasteiger partial charge in [-0.15, -0.1) is 11.3 Å². The first-order valence-corrected chi connectivity index (χ1v) is 9.57. The van der Waals surface area contributed by atoms with Gasteiger partial charge in [-0.3, -0.25) is 9.40 Å². The van der Waals surface area contributed by atoms with Gasteiger partial charge in [0.25, 0.3) is 10.0 Å². The van der Waals surface area contributed by atoms with Gasteiger partial charge in [-0.05, 0) is 34.1 Å². The van der Waals surface area contributed by atoms with Gasteiger partial charge in [-0.1, -0.05) is 18.2 Å². The Bertz CT molecular complexity index is 937. The number of nitrogens with one attached hydrogen (secondary N) is 1. The fourth-order valence-electron chi connectivity index (χ4n) is 1.95. The van der Waals surface area contributed by atoms with Crippen molar-refractivity contribution in [2.75, 3.05) is 4.72 Å². The number of hydrogen-bond donors (Lipinski definition) is 1. The second kappa shape index (κ2) is 6.42. The molecule has 0 aliphatic carbocycles. The lowest BCUT2D eigenvalue weighted by Gasteiger charge is -2.04.